The minimum absolute atomic E-state index is 0.0945. The van der Waals surface area contributed by atoms with Crippen LogP contribution in [0, 0.1) is 0 Å². The van der Waals surface area contributed by atoms with E-state index in [2.05, 4.69) is 9.97 Å². The molecule has 1 amide bonds. The number of anilines is 1. The monoisotopic (exact) mass is 264 g/mol. The number of rotatable bonds is 2. The summed E-state index contributed by atoms with van der Waals surface area (Å²) in [5.74, 6) is 0.927. The van der Waals surface area contributed by atoms with Crippen molar-refractivity contribution in [2.75, 3.05) is 31.1 Å². The summed E-state index contributed by atoms with van der Waals surface area (Å²) in [5, 5.41) is 0. The lowest BCUT2D eigenvalue weighted by Crippen LogP contribution is -2.49. The van der Waals surface area contributed by atoms with Gasteiger partial charge in [-0.15, -0.1) is 0 Å². The first kappa shape index (κ1) is 13.6. The summed E-state index contributed by atoms with van der Waals surface area (Å²) in [6, 6.07) is 1.54. The van der Waals surface area contributed by atoms with Gasteiger partial charge in [0.25, 0.3) is 5.56 Å². The highest BCUT2D eigenvalue weighted by Crippen LogP contribution is 2.14. The third kappa shape index (κ3) is 3.13. The third-order valence-corrected chi connectivity index (χ3v) is 3.37. The maximum atomic E-state index is 11.6. The van der Waals surface area contributed by atoms with Crippen LogP contribution in [0.2, 0.25) is 0 Å². The quantitative estimate of drug-likeness (QED) is 0.847. The molecule has 2 rings (SSSR count). The Morgan fingerprint density at radius 1 is 1.32 bits per heavy atom. The van der Waals surface area contributed by atoms with E-state index >= 15 is 0 Å². The van der Waals surface area contributed by atoms with Crippen molar-refractivity contribution in [2.24, 2.45) is 0 Å². The number of piperazine rings is 1. The van der Waals surface area contributed by atoms with Crippen LogP contribution >= 0.6 is 0 Å². The van der Waals surface area contributed by atoms with Crippen LogP contribution in [0.25, 0.3) is 0 Å². The predicted molar refractivity (Wildman–Crippen MR) is 73.4 cm³/mol. The molecule has 0 saturated carbocycles. The van der Waals surface area contributed by atoms with Crippen molar-refractivity contribution in [3.05, 3.63) is 22.1 Å². The van der Waals surface area contributed by atoms with Gasteiger partial charge in [0, 0.05) is 39.2 Å². The Balaban J connectivity index is 2.15. The summed E-state index contributed by atoms with van der Waals surface area (Å²) in [7, 11) is 0. The number of aromatic nitrogens is 2. The molecule has 0 aliphatic carbocycles. The predicted octanol–water partition coefficient (Wildman–Crippen LogP) is 0.562. The largest absolute Gasteiger partial charge is 0.339 e. The Morgan fingerprint density at radius 3 is 2.47 bits per heavy atom. The Bertz CT molecular complexity index is 516. The Labute approximate surface area is 112 Å². The van der Waals surface area contributed by atoms with Crippen LogP contribution in [0.5, 0.6) is 0 Å². The lowest BCUT2D eigenvalue weighted by atomic mass is 10.1. The molecule has 1 aromatic heterocycles. The van der Waals surface area contributed by atoms with Gasteiger partial charge >= 0.3 is 0 Å². The van der Waals surface area contributed by atoms with Gasteiger partial charge in [0.1, 0.15) is 0 Å². The Hall–Kier alpha value is -1.85. The Morgan fingerprint density at radius 2 is 1.95 bits per heavy atom. The molecule has 0 aromatic carbocycles. The van der Waals surface area contributed by atoms with Gasteiger partial charge in [0.05, 0.1) is 5.69 Å². The maximum absolute atomic E-state index is 11.6. The first-order chi connectivity index (χ1) is 8.97. The molecular weight excluding hydrogens is 244 g/mol. The van der Waals surface area contributed by atoms with Gasteiger partial charge in [0.2, 0.25) is 11.9 Å². The van der Waals surface area contributed by atoms with Gasteiger partial charge in [-0.05, 0) is 5.92 Å². The van der Waals surface area contributed by atoms with Crippen molar-refractivity contribution in [3.63, 3.8) is 0 Å². The molecule has 1 aromatic rings. The van der Waals surface area contributed by atoms with Crippen molar-refractivity contribution in [2.45, 2.75) is 26.7 Å². The van der Waals surface area contributed by atoms with Crippen LogP contribution in [0.3, 0.4) is 0 Å². The van der Waals surface area contributed by atoms with E-state index in [4.69, 9.17) is 0 Å². The summed E-state index contributed by atoms with van der Waals surface area (Å²) in [5.41, 5.74) is 0.676. The standard InChI is InChI=1S/C13H20N4O2/c1-9(2)11-8-12(19)15-13(14-11)17-6-4-16(5-7-17)10(3)18/h8-9H,4-7H2,1-3H3,(H,14,15,19). The number of nitrogens with one attached hydrogen (secondary N) is 1. The van der Waals surface area contributed by atoms with E-state index in [-0.39, 0.29) is 17.4 Å². The maximum Gasteiger partial charge on any atom is 0.252 e. The number of aromatic amines is 1. The van der Waals surface area contributed by atoms with Crippen LogP contribution in [0.15, 0.2) is 10.9 Å². The first-order valence-corrected chi connectivity index (χ1v) is 6.59. The average Bonchev–Trinajstić information content (AvgIpc) is 2.38. The Kier molecular flexibility index (Phi) is 3.87. The molecule has 0 bridgehead atoms. The molecule has 1 aliphatic rings. The van der Waals surface area contributed by atoms with Gasteiger partial charge in [-0.1, -0.05) is 13.8 Å². The molecule has 1 saturated heterocycles. The highest BCUT2D eigenvalue weighted by molar-refractivity contribution is 5.73. The average molecular weight is 264 g/mol. The van der Waals surface area contributed by atoms with Crippen LogP contribution in [0.1, 0.15) is 32.4 Å². The van der Waals surface area contributed by atoms with Crippen molar-refractivity contribution < 1.29 is 4.79 Å². The zero-order valence-corrected chi connectivity index (χ0v) is 11.6. The molecule has 0 atom stereocenters. The van der Waals surface area contributed by atoms with Crippen molar-refractivity contribution in [3.8, 4) is 0 Å². The smallest absolute Gasteiger partial charge is 0.252 e. The molecule has 1 N–H and O–H groups in total. The normalized spacial score (nSPS) is 16.0. The van der Waals surface area contributed by atoms with Crippen LogP contribution < -0.4 is 10.5 Å². The lowest BCUT2D eigenvalue weighted by Gasteiger charge is -2.34. The third-order valence-electron chi connectivity index (χ3n) is 3.37. The topological polar surface area (TPSA) is 69.3 Å². The second kappa shape index (κ2) is 5.42. The summed E-state index contributed by atoms with van der Waals surface area (Å²) in [6.45, 7) is 8.34. The number of carbonyl (C=O) groups is 1. The molecule has 6 nitrogen and oxygen atoms in total. The fourth-order valence-corrected chi connectivity index (χ4v) is 2.14. The number of hydrogen-bond acceptors (Lipinski definition) is 4. The molecule has 1 aliphatic heterocycles. The second-order valence-electron chi connectivity index (χ2n) is 5.14. The zero-order valence-electron chi connectivity index (χ0n) is 11.6. The van der Waals surface area contributed by atoms with Gasteiger partial charge in [-0.25, -0.2) is 4.98 Å². The fraction of sp³-hybridized carbons (Fsp3) is 0.615. The number of amides is 1. The summed E-state index contributed by atoms with van der Waals surface area (Å²) < 4.78 is 0. The van der Waals surface area contributed by atoms with Crippen molar-refractivity contribution in [1.29, 1.82) is 0 Å². The van der Waals surface area contributed by atoms with Crippen LogP contribution in [-0.4, -0.2) is 47.0 Å². The number of hydrogen-bond donors (Lipinski definition) is 1. The lowest BCUT2D eigenvalue weighted by molar-refractivity contribution is -0.129. The minimum atomic E-state index is -0.123. The molecule has 0 spiro atoms. The number of nitrogens with zero attached hydrogens (tertiary/aromatic N) is 3. The second-order valence-corrected chi connectivity index (χ2v) is 5.14. The molecule has 0 unspecified atom stereocenters. The van der Waals surface area contributed by atoms with Gasteiger partial charge in [0.15, 0.2) is 0 Å². The van der Waals surface area contributed by atoms with E-state index in [0.29, 0.717) is 32.1 Å². The minimum Gasteiger partial charge on any atom is -0.339 e. The molecule has 2 heterocycles. The van der Waals surface area contributed by atoms with Crippen molar-refractivity contribution in [1.82, 2.24) is 14.9 Å². The van der Waals surface area contributed by atoms with Crippen LogP contribution in [0.4, 0.5) is 5.95 Å². The van der Waals surface area contributed by atoms with Gasteiger partial charge < -0.3 is 9.80 Å². The van der Waals surface area contributed by atoms with E-state index < -0.39 is 0 Å². The zero-order chi connectivity index (χ0) is 14.0. The van der Waals surface area contributed by atoms with Gasteiger partial charge in [-0.2, -0.15) is 0 Å². The van der Waals surface area contributed by atoms with E-state index in [0.717, 1.165) is 5.69 Å². The molecule has 0 radical (unpaired) electrons. The summed E-state index contributed by atoms with van der Waals surface area (Å²) in [6.07, 6.45) is 0. The molecule has 19 heavy (non-hydrogen) atoms. The highest BCUT2D eigenvalue weighted by atomic mass is 16.2. The molecule has 6 heteroatoms. The number of carbonyl (C=O) groups excluding carboxylic acids is 1. The molecule has 104 valence electrons. The van der Waals surface area contributed by atoms with Crippen molar-refractivity contribution >= 4 is 11.9 Å². The van der Waals surface area contributed by atoms with E-state index in [1.807, 2.05) is 18.7 Å². The van der Waals surface area contributed by atoms with Gasteiger partial charge in [-0.3, -0.25) is 14.6 Å². The van der Waals surface area contributed by atoms with E-state index in [9.17, 15) is 9.59 Å². The van der Waals surface area contributed by atoms with Crippen LogP contribution in [-0.2, 0) is 4.79 Å². The summed E-state index contributed by atoms with van der Waals surface area (Å²) in [4.78, 5) is 34.0. The van der Waals surface area contributed by atoms with E-state index in [1.54, 1.807) is 17.9 Å². The molecule has 1 fully saturated rings. The fourth-order valence-electron chi connectivity index (χ4n) is 2.14. The number of H-pyrrole nitrogens is 1. The highest BCUT2D eigenvalue weighted by Gasteiger charge is 2.20. The SMILES string of the molecule is CC(=O)N1CCN(c2nc(C(C)C)cc(=O)[nH]2)CC1. The van der Waals surface area contributed by atoms with E-state index in [1.165, 1.54) is 0 Å². The first-order valence-electron chi connectivity index (χ1n) is 6.59. The summed E-state index contributed by atoms with van der Waals surface area (Å²) >= 11 is 0. The molecular formula is C13H20N4O2.